The van der Waals surface area contributed by atoms with Crippen LogP contribution in [0.5, 0.6) is 0 Å². The van der Waals surface area contributed by atoms with Crippen LogP contribution in [0.1, 0.15) is 24.5 Å². The van der Waals surface area contributed by atoms with Gasteiger partial charge in [0.15, 0.2) is 0 Å². The van der Waals surface area contributed by atoms with Gasteiger partial charge in [-0.25, -0.2) is 0 Å². The van der Waals surface area contributed by atoms with Crippen LogP contribution < -0.4 is 5.73 Å². The van der Waals surface area contributed by atoms with Crippen molar-refractivity contribution >= 4 is 0 Å². The fourth-order valence-corrected chi connectivity index (χ4v) is 2.01. The molecule has 4 nitrogen and oxygen atoms in total. The van der Waals surface area contributed by atoms with E-state index >= 15 is 0 Å². The van der Waals surface area contributed by atoms with Crippen LogP contribution in [-0.4, -0.2) is 24.8 Å². The molecule has 0 bridgehead atoms. The maximum Gasteiger partial charge on any atom is 0.108 e. The highest BCUT2D eigenvalue weighted by Gasteiger charge is 2.15. The quantitative estimate of drug-likeness (QED) is 0.842. The Morgan fingerprint density at radius 1 is 1.21 bits per heavy atom. The number of allylic oxidation sites excluding steroid dienone is 1. The van der Waals surface area contributed by atoms with E-state index in [1.165, 1.54) is 5.69 Å². The van der Waals surface area contributed by atoms with Crippen molar-refractivity contribution in [2.45, 2.75) is 18.8 Å². The number of nitrogens with zero attached hydrogens (tertiary/aromatic N) is 1. The summed E-state index contributed by atoms with van der Waals surface area (Å²) in [5, 5.41) is 0. The van der Waals surface area contributed by atoms with Gasteiger partial charge in [-0.05, 0) is 37.1 Å². The molecule has 3 rings (SSSR count). The van der Waals surface area contributed by atoms with E-state index in [0.29, 0.717) is 12.5 Å². The summed E-state index contributed by atoms with van der Waals surface area (Å²) in [5.41, 5.74) is 7.34. The van der Waals surface area contributed by atoms with Gasteiger partial charge in [0, 0.05) is 36.7 Å². The van der Waals surface area contributed by atoms with Gasteiger partial charge >= 0.3 is 0 Å². The zero-order valence-corrected chi connectivity index (χ0v) is 11.0. The van der Waals surface area contributed by atoms with Gasteiger partial charge in [0.25, 0.3) is 0 Å². The molecule has 19 heavy (non-hydrogen) atoms. The maximum absolute atomic E-state index is 5.33. The lowest BCUT2D eigenvalue weighted by molar-refractivity contribution is 0.0845. The van der Waals surface area contributed by atoms with Crippen LogP contribution in [0.3, 0.4) is 0 Å². The molecular weight excluding hydrogens is 240 g/mol. The molecule has 0 radical (unpaired) electrons. The molecule has 0 aromatic carbocycles. The van der Waals surface area contributed by atoms with Gasteiger partial charge in [0.1, 0.15) is 6.61 Å². The molecule has 2 N–H and O–H groups in total. The van der Waals surface area contributed by atoms with Gasteiger partial charge < -0.3 is 15.2 Å². The highest BCUT2D eigenvalue weighted by molar-refractivity contribution is 5.15. The van der Waals surface area contributed by atoms with E-state index in [9.17, 15) is 0 Å². The normalized spacial score (nSPS) is 18.8. The van der Waals surface area contributed by atoms with E-state index in [1.807, 2.05) is 18.3 Å². The number of pyridine rings is 1. The van der Waals surface area contributed by atoms with Crippen molar-refractivity contribution in [3.63, 3.8) is 0 Å². The van der Waals surface area contributed by atoms with E-state index in [0.717, 1.165) is 31.8 Å². The van der Waals surface area contributed by atoms with E-state index in [1.54, 1.807) is 12.3 Å². The van der Waals surface area contributed by atoms with Gasteiger partial charge in [-0.15, -0.1) is 0 Å². The molecule has 1 fully saturated rings. The fourth-order valence-electron chi connectivity index (χ4n) is 2.01. The minimum atomic E-state index is 0.613. The minimum absolute atomic E-state index is 0.613. The van der Waals surface area contributed by atoms with Crippen LogP contribution in [-0.2, 0) is 9.47 Å². The summed E-state index contributed by atoms with van der Waals surface area (Å²) >= 11 is 0. The van der Waals surface area contributed by atoms with Crippen molar-refractivity contribution in [1.82, 2.24) is 4.98 Å². The molecule has 102 valence electrons. The zero-order chi connectivity index (χ0) is 13.3. The van der Waals surface area contributed by atoms with Gasteiger partial charge in [0.05, 0.1) is 6.26 Å². The number of hydrogen-bond donors (Lipinski definition) is 1. The van der Waals surface area contributed by atoms with Crippen LogP contribution in [0.25, 0.3) is 0 Å². The third-order valence-electron chi connectivity index (χ3n) is 3.10. The summed E-state index contributed by atoms with van der Waals surface area (Å²) in [4.78, 5) is 4.35. The average molecular weight is 260 g/mol. The third-order valence-corrected chi connectivity index (χ3v) is 3.10. The van der Waals surface area contributed by atoms with Crippen LogP contribution >= 0.6 is 0 Å². The molecule has 0 saturated carbocycles. The second-order valence-corrected chi connectivity index (χ2v) is 4.48. The van der Waals surface area contributed by atoms with Gasteiger partial charge in [-0.2, -0.15) is 0 Å². The number of aromatic nitrogens is 1. The first kappa shape index (κ1) is 13.6. The molecule has 4 heteroatoms. The Morgan fingerprint density at radius 2 is 2.05 bits per heavy atom. The highest BCUT2D eigenvalue weighted by atomic mass is 16.5. The predicted molar refractivity (Wildman–Crippen MR) is 74.4 cm³/mol. The Morgan fingerprint density at radius 3 is 2.58 bits per heavy atom. The van der Waals surface area contributed by atoms with Crippen molar-refractivity contribution in [3.05, 3.63) is 54.2 Å². The van der Waals surface area contributed by atoms with Crippen molar-refractivity contribution in [1.29, 1.82) is 0 Å². The molecule has 2 aliphatic heterocycles. The molecule has 3 heterocycles. The molecule has 0 aliphatic carbocycles. The highest BCUT2D eigenvalue weighted by Crippen LogP contribution is 2.24. The Kier molecular flexibility index (Phi) is 5.44. The van der Waals surface area contributed by atoms with Crippen molar-refractivity contribution in [2.24, 2.45) is 5.73 Å². The topological polar surface area (TPSA) is 57.4 Å². The summed E-state index contributed by atoms with van der Waals surface area (Å²) < 4.78 is 10.1. The Bertz CT molecular complexity index is 423. The van der Waals surface area contributed by atoms with Gasteiger partial charge in [-0.1, -0.05) is 6.07 Å². The predicted octanol–water partition coefficient (Wildman–Crippen LogP) is 2.35. The van der Waals surface area contributed by atoms with E-state index < -0.39 is 0 Å². The van der Waals surface area contributed by atoms with E-state index in [4.69, 9.17) is 15.2 Å². The summed E-state index contributed by atoms with van der Waals surface area (Å²) in [6, 6.07) is 6.12. The maximum atomic E-state index is 5.33. The van der Waals surface area contributed by atoms with Crippen molar-refractivity contribution in [3.8, 4) is 0 Å². The largest absolute Gasteiger partial charge is 0.497 e. The lowest BCUT2D eigenvalue weighted by Crippen LogP contribution is -2.14. The monoisotopic (exact) mass is 260 g/mol. The first-order valence-electron chi connectivity index (χ1n) is 6.58. The Balaban J connectivity index is 0.000000163. The van der Waals surface area contributed by atoms with Gasteiger partial charge in [-0.3, -0.25) is 4.98 Å². The molecule has 0 unspecified atom stereocenters. The molecule has 1 aromatic rings. The number of nitrogens with two attached hydrogens (primary N) is 1. The van der Waals surface area contributed by atoms with E-state index in [2.05, 4.69) is 17.1 Å². The van der Waals surface area contributed by atoms with Crippen LogP contribution in [0, 0.1) is 0 Å². The zero-order valence-electron chi connectivity index (χ0n) is 11.0. The molecule has 1 saturated heterocycles. The summed E-state index contributed by atoms with van der Waals surface area (Å²) in [7, 11) is 0. The first-order valence-corrected chi connectivity index (χ1v) is 6.58. The van der Waals surface area contributed by atoms with Crippen LogP contribution in [0.2, 0.25) is 0 Å². The average Bonchev–Trinajstić information content (AvgIpc) is 2.51. The number of ether oxygens (including phenoxy) is 2. The number of rotatable bonds is 1. The molecule has 1 aromatic heterocycles. The van der Waals surface area contributed by atoms with Crippen LogP contribution in [0.4, 0.5) is 0 Å². The number of hydrogen-bond acceptors (Lipinski definition) is 4. The summed E-state index contributed by atoms with van der Waals surface area (Å²) in [6.45, 7) is 2.39. The summed E-state index contributed by atoms with van der Waals surface area (Å²) in [5.74, 6) is 0.625. The molecule has 0 spiro atoms. The van der Waals surface area contributed by atoms with Gasteiger partial charge in [0.2, 0.25) is 0 Å². The van der Waals surface area contributed by atoms with Crippen LogP contribution in [0.15, 0.2) is 48.5 Å². The lowest BCUT2D eigenvalue weighted by atomic mass is 9.96. The SMILES string of the molecule is NC1=CCOC=C1.c1ccc(C2CCOCC2)nc1. The second-order valence-electron chi connectivity index (χ2n) is 4.48. The molecule has 0 amide bonds. The van der Waals surface area contributed by atoms with Crippen molar-refractivity contribution < 1.29 is 9.47 Å². The smallest absolute Gasteiger partial charge is 0.108 e. The Hall–Kier alpha value is -1.81. The van der Waals surface area contributed by atoms with E-state index in [-0.39, 0.29) is 0 Å². The summed E-state index contributed by atoms with van der Waals surface area (Å²) in [6.07, 6.45) is 9.25. The molecule has 2 aliphatic rings. The van der Waals surface area contributed by atoms with Crippen molar-refractivity contribution in [2.75, 3.05) is 19.8 Å². The third kappa shape index (κ3) is 4.75. The minimum Gasteiger partial charge on any atom is -0.497 e. The first-order chi connectivity index (χ1) is 9.36. The lowest BCUT2D eigenvalue weighted by Gasteiger charge is -2.21. The molecular formula is C15H20N2O2. The second kappa shape index (κ2) is 7.59. The standard InChI is InChI=1S/C10H13NO.C5H7NO/c1-2-6-11-10(3-1)9-4-7-12-8-5-9;6-5-1-3-7-4-2-5/h1-3,6,9H,4-5,7-8H2;1-3H,4,6H2. The fraction of sp³-hybridized carbons (Fsp3) is 0.400. The Labute approximate surface area is 113 Å². The molecule has 0 atom stereocenters.